The summed E-state index contributed by atoms with van der Waals surface area (Å²) in [7, 11) is -1.55. The van der Waals surface area contributed by atoms with Gasteiger partial charge in [-0.25, -0.2) is 0 Å². The van der Waals surface area contributed by atoms with Gasteiger partial charge >= 0.3 is 0 Å². The lowest BCUT2D eigenvalue weighted by Gasteiger charge is -2.31. The van der Waals surface area contributed by atoms with E-state index in [0.29, 0.717) is 5.92 Å². The van der Waals surface area contributed by atoms with Crippen molar-refractivity contribution < 1.29 is 4.43 Å². The number of rotatable bonds is 6. The van der Waals surface area contributed by atoms with Crippen LogP contribution in [-0.2, 0) is 4.43 Å². The standard InChI is InChI=1S/C20H36OSi/c1-4-21-22(2,3)17-20(18-13-9-5-6-10-14-18)19-15-11-7-8-12-16-19/h13,15,20H,4-12,14,16-17H2,1-3H3. The fourth-order valence-electron chi connectivity index (χ4n) is 4.15. The molecule has 0 heterocycles. The Bertz CT molecular complexity index is 367. The van der Waals surface area contributed by atoms with Gasteiger partial charge in [0, 0.05) is 12.5 Å². The molecule has 1 nitrogen and oxygen atoms in total. The molecular formula is C20H36OSi. The predicted octanol–water partition coefficient (Wildman–Crippen LogP) is 6.63. The zero-order valence-electron chi connectivity index (χ0n) is 15.1. The molecule has 0 atom stereocenters. The molecule has 0 bridgehead atoms. The second-order valence-electron chi connectivity index (χ2n) is 7.71. The maximum atomic E-state index is 6.19. The molecule has 2 aliphatic rings. The van der Waals surface area contributed by atoms with E-state index in [0.717, 1.165) is 6.61 Å². The van der Waals surface area contributed by atoms with Gasteiger partial charge in [0.25, 0.3) is 0 Å². The Morgan fingerprint density at radius 3 is 1.95 bits per heavy atom. The van der Waals surface area contributed by atoms with Gasteiger partial charge in [0.1, 0.15) is 0 Å². The molecule has 0 spiro atoms. The first-order valence-corrected chi connectivity index (χ1v) is 12.8. The van der Waals surface area contributed by atoms with Crippen LogP contribution in [0.2, 0.25) is 19.1 Å². The quantitative estimate of drug-likeness (QED) is 0.394. The zero-order valence-corrected chi connectivity index (χ0v) is 16.1. The Labute approximate surface area is 139 Å². The molecule has 2 aliphatic carbocycles. The third-order valence-electron chi connectivity index (χ3n) is 5.28. The lowest BCUT2D eigenvalue weighted by atomic mass is 9.87. The van der Waals surface area contributed by atoms with E-state index in [1.54, 1.807) is 11.1 Å². The predicted molar refractivity (Wildman–Crippen MR) is 99.7 cm³/mol. The topological polar surface area (TPSA) is 9.23 Å². The Morgan fingerprint density at radius 1 is 0.909 bits per heavy atom. The molecule has 0 unspecified atom stereocenters. The molecular weight excluding hydrogens is 284 g/mol. The minimum atomic E-state index is -1.55. The molecule has 0 aliphatic heterocycles. The van der Waals surface area contributed by atoms with Gasteiger partial charge in [0.15, 0.2) is 8.32 Å². The molecule has 126 valence electrons. The highest BCUT2D eigenvalue weighted by Crippen LogP contribution is 2.38. The van der Waals surface area contributed by atoms with Crippen LogP contribution in [-0.4, -0.2) is 14.9 Å². The van der Waals surface area contributed by atoms with E-state index in [-0.39, 0.29) is 0 Å². The molecule has 0 saturated heterocycles. The maximum absolute atomic E-state index is 6.19. The largest absolute Gasteiger partial charge is 0.418 e. The van der Waals surface area contributed by atoms with E-state index in [1.807, 2.05) is 0 Å². The van der Waals surface area contributed by atoms with Gasteiger partial charge in [-0.2, -0.15) is 0 Å². The van der Waals surface area contributed by atoms with Crippen LogP contribution in [0.3, 0.4) is 0 Å². The first-order valence-electron chi connectivity index (χ1n) is 9.64. The van der Waals surface area contributed by atoms with Crippen molar-refractivity contribution in [1.29, 1.82) is 0 Å². The van der Waals surface area contributed by atoms with Crippen LogP contribution in [0.1, 0.15) is 71.1 Å². The van der Waals surface area contributed by atoms with Gasteiger partial charge in [0.05, 0.1) is 0 Å². The van der Waals surface area contributed by atoms with Crippen molar-refractivity contribution in [2.24, 2.45) is 5.92 Å². The van der Waals surface area contributed by atoms with Crippen molar-refractivity contribution in [3.05, 3.63) is 23.3 Å². The van der Waals surface area contributed by atoms with Crippen molar-refractivity contribution in [3.8, 4) is 0 Å². The molecule has 2 rings (SSSR count). The lowest BCUT2D eigenvalue weighted by Crippen LogP contribution is -2.34. The van der Waals surface area contributed by atoms with Crippen molar-refractivity contribution in [1.82, 2.24) is 0 Å². The van der Waals surface area contributed by atoms with E-state index in [9.17, 15) is 0 Å². The molecule has 0 radical (unpaired) electrons. The minimum Gasteiger partial charge on any atom is -0.418 e. The van der Waals surface area contributed by atoms with E-state index in [2.05, 4.69) is 32.2 Å². The van der Waals surface area contributed by atoms with E-state index >= 15 is 0 Å². The average molecular weight is 321 g/mol. The van der Waals surface area contributed by atoms with Crippen molar-refractivity contribution in [2.75, 3.05) is 6.61 Å². The van der Waals surface area contributed by atoms with Crippen LogP contribution in [0.4, 0.5) is 0 Å². The lowest BCUT2D eigenvalue weighted by molar-refractivity contribution is 0.325. The van der Waals surface area contributed by atoms with Crippen molar-refractivity contribution in [2.45, 2.75) is 90.3 Å². The van der Waals surface area contributed by atoms with Gasteiger partial charge in [-0.05, 0) is 77.4 Å². The van der Waals surface area contributed by atoms with Crippen LogP contribution in [0.15, 0.2) is 23.3 Å². The fourth-order valence-corrected chi connectivity index (χ4v) is 6.56. The summed E-state index contributed by atoms with van der Waals surface area (Å²) in [4.78, 5) is 0. The number of allylic oxidation sites excluding steroid dienone is 4. The van der Waals surface area contributed by atoms with Crippen molar-refractivity contribution in [3.63, 3.8) is 0 Å². The SMILES string of the molecule is CCO[Si](C)(C)CC(C1=CCCCCC1)C1=CCCCCC1. The van der Waals surface area contributed by atoms with Crippen LogP contribution in [0.25, 0.3) is 0 Å². The average Bonchev–Trinajstić information content (AvgIpc) is 2.90. The second kappa shape index (κ2) is 9.07. The van der Waals surface area contributed by atoms with Crippen molar-refractivity contribution >= 4 is 8.32 Å². The number of hydrogen-bond donors (Lipinski definition) is 0. The highest BCUT2D eigenvalue weighted by atomic mass is 28.4. The first-order chi connectivity index (χ1) is 10.6. The smallest absolute Gasteiger partial charge is 0.187 e. The minimum absolute atomic E-state index is 0.699. The molecule has 0 aromatic carbocycles. The monoisotopic (exact) mass is 320 g/mol. The van der Waals surface area contributed by atoms with Crippen LogP contribution in [0, 0.1) is 5.92 Å². The Balaban J connectivity index is 2.18. The highest BCUT2D eigenvalue weighted by Gasteiger charge is 2.31. The number of hydrogen-bond acceptors (Lipinski definition) is 1. The molecule has 0 saturated carbocycles. The van der Waals surface area contributed by atoms with Gasteiger partial charge in [-0.15, -0.1) is 0 Å². The Kier molecular flexibility index (Phi) is 7.43. The second-order valence-corrected chi connectivity index (χ2v) is 11.9. The van der Waals surface area contributed by atoms with Crippen LogP contribution < -0.4 is 0 Å². The molecule has 0 N–H and O–H groups in total. The zero-order chi connectivity index (χ0) is 15.8. The molecule has 0 aromatic heterocycles. The molecule has 0 aromatic rings. The first kappa shape index (κ1) is 18.0. The summed E-state index contributed by atoms with van der Waals surface area (Å²) >= 11 is 0. The maximum Gasteiger partial charge on any atom is 0.187 e. The molecule has 2 heteroatoms. The summed E-state index contributed by atoms with van der Waals surface area (Å²) in [5.41, 5.74) is 3.51. The summed E-state index contributed by atoms with van der Waals surface area (Å²) in [6, 6.07) is 1.29. The molecule has 22 heavy (non-hydrogen) atoms. The van der Waals surface area contributed by atoms with Gasteiger partial charge in [0.2, 0.25) is 0 Å². The summed E-state index contributed by atoms with van der Waals surface area (Å²) in [5, 5.41) is 0. The fraction of sp³-hybridized carbons (Fsp3) is 0.800. The van der Waals surface area contributed by atoms with E-state index < -0.39 is 8.32 Å². The third-order valence-corrected chi connectivity index (χ3v) is 7.74. The van der Waals surface area contributed by atoms with Crippen LogP contribution >= 0.6 is 0 Å². The summed E-state index contributed by atoms with van der Waals surface area (Å²) < 4.78 is 6.19. The van der Waals surface area contributed by atoms with E-state index in [4.69, 9.17) is 4.43 Å². The normalized spacial score (nSPS) is 21.1. The van der Waals surface area contributed by atoms with Gasteiger partial charge in [-0.3, -0.25) is 0 Å². The van der Waals surface area contributed by atoms with Crippen LogP contribution in [0.5, 0.6) is 0 Å². The highest BCUT2D eigenvalue weighted by molar-refractivity contribution is 6.71. The summed E-state index contributed by atoms with van der Waals surface area (Å²) in [6.45, 7) is 7.86. The molecule has 0 amide bonds. The Morgan fingerprint density at radius 2 is 1.45 bits per heavy atom. The summed E-state index contributed by atoms with van der Waals surface area (Å²) in [6.07, 6.45) is 18.9. The third kappa shape index (κ3) is 5.70. The van der Waals surface area contributed by atoms with Gasteiger partial charge < -0.3 is 4.43 Å². The Hall–Kier alpha value is -0.343. The summed E-state index contributed by atoms with van der Waals surface area (Å²) in [5.74, 6) is 0.699. The van der Waals surface area contributed by atoms with Gasteiger partial charge in [-0.1, -0.05) is 36.1 Å². The van der Waals surface area contributed by atoms with E-state index in [1.165, 1.54) is 70.3 Å². The molecule has 0 fully saturated rings.